The van der Waals surface area contributed by atoms with E-state index in [9.17, 15) is 19.2 Å². The molecular weight excluding hydrogens is 477 g/mol. The molecule has 4 rings (SSSR count). The molecule has 2 aromatic rings. The molecule has 10 nitrogen and oxygen atoms in total. The third-order valence-electron chi connectivity index (χ3n) is 6.43. The molecule has 1 saturated heterocycles. The third kappa shape index (κ3) is 6.09. The summed E-state index contributed by atoms with van der Waals surface area (Å²) >= 11 is 0. The number of nitrogens with two attached hydrogens (primary N) is 1. The van der Waals surface area contributed by atoms with E-state index in [2.05, 4.69) is 21.4 Å². The van der Waals surface area contributed by atoms with Crippen LogP contribution in [-0.2, 0) is 9.59 Å². The van der Waals surface area contributed by atoms with Crippen LogP contribution in [0.4, 0.5) is 10.2 Å². The van der Waals surface area contributed by atoms with Gasteiger partial charge in [-0.3, -0.25) is 15.0 Å². The number of hydrogen-bond donors (Lipinski definition) is 3. The molecule has 2 heterocycles. The van der Waals surface area contributed by atoms with Crippen molar-refractivity contribution in [1.82, 2.24) is 9.88 Å². The monoisotopic (exact) mass is 505 g/mol. The minimum absolute atomic E-state index is 0.0206. The molecule has 4 N–H and O–H groups in total. The van der Waals surface area contributed by atoms with Crippen LogP contribution in [0.1, 0.15) is 32.3 Å². The van der Waals surface area contributed by atoms with Gasteiger partial charge in [-0.2, -0.15) is 5.26 Å². The van der Waals surface area contributed by atoms with Crippen molar-refractivity contribution in [3.05, 3.63) is 42.1 Å². The van der Waals surface area contributed by atoms with Gasteiger partial charge in [0.1, 0.15) is 23.7 Å². The first kappa shape index (κ1) is 25.8. The lowest BCUT2D eigenvalue weighted by Gasteiger charge is -2.34. The van der Waals surface area contributed by atoms with Gasteiger partial charge in [-0.05, 0) is 54.7 Å². The van der Waals surface area contributed by atoms with Crippen LogP contribution < -0.4 is 15.8 Å². The Morgan fingerprint density at radius 3 is 2.70 bits per heavy atom. The van der Waals surface area contributed by atoms with E-state index in [1.807, 2.05) is 6.92 Å². The highest BCUT2D eigenvalue weighted by molar-refractivity contribution is 6.38. The summed E-state index contributed by atoms with van der Waals surface area (Å²) in [5.74, 6) is -0.154. The number of aliphatic imine (C=N–C) groups is 1. The van der Waals surface area contributed by atoms with Crippen molar-refractivity contribution in [2.24, 2.45) is 22.6 Å². The second-order valence-corrected chi connectivity index (χ2v) is 9.38. The Kier molecular flexibility index (Phi) is 7.47. The number of amidine groups is 2. The average molecular weight is 506 g/mol. The number of rotatable bonds is 5. The van der Waals surface area contributed by atoms with Gasteiger partial charge in [0.2, 0.25) is 11.7 Å². The van der Waals surface area contributed by atoms with Gasteiger partial charge in [0.15, 0.2) is 6.17 Å². The average Bonchev–Trinajstić information content (AvgIpc) is 3.61. The van der Waals surface area contributed by atoms with Crippen LogP contribution in [0.5, 0.6) is 5.75 Å². The number of likely N-dealkylation sites (tertiary alicyclic amines) is 1. The highest BCUT2D eigenvalue weighted by atomic mass is 19.1. The van der Waals surface area contributed by atoms with E-state index in [4.69, 9.17) is 15.9 Å². The first-order valence-electron chi connectivity index (χ1n) is 12.0. The van der Waals surface area contributed by atoms with Crippen LogP contribution in [0.2, 0.25) is 0 Å². The molecule has 192 valence electrons. The van der Waals surface area contributed by atoms with Crippen molar-refractivity contribution in [3.8, 4) is 22.9 Å². The summed E-state index contributed by atoms with van der Waals surface area (Å²) in [5.41, 5.74) is 7.11. The number of piperidine rings is 1. The molecule has 0 spiro atoms. The van der Waals surface area contributed by atoms with E-state index < -0.39 is 24.0 Å². The normalized spacial score (nSPS) is 23.1. The Hall–Kier alpha value is -4.33. The fourth-order valence-electron chi connectivity index (χ4n) is 4.22. The lowest BCUT2D eigenvalue weighted by atomic mass is 10.0. The van der Waals surface area contributed by atoms with Crippen LogP contribution in [0.25, 0.3) is 11.1 Å². The molecule has 1 aromatic carbocycles. The molecule has 2 unspecified atom stereocenters. The summed E-state index contributed by atoms with van der Waals surface area (Å²) in [5, 5.41) is 20.2. The zero-order valence-corrected chi connectivity index (χ0v) is 20.6. The number of hydrogen-bond acceptors (Lipinski definition) is 6. The Morgan fingerprint density at radius 1 is 1.32 bits per heavy atom. The van der Waals surface area contributed by atoms with E-state index >= 15 is 0 Å². The SMILES string of the molecule is CC(N)=NC(=N)C(=O)N1CC[C@H](Oc2ccc(-c3ccnc(NC(=O)C4CC4C)c3)cc2C#N)[C@H](F)C1. The standard InChI is InChI=1S/C26H28FN7O3/c1-14-9-19(14)25(35)33-23-11-17(5-7-31-23)16-3-4-21(18(10-16)12-28)37-22-6-8-34(13-20(22)27)26(36)24(30)32-15(2)29/h3-5,7,10-11,14,19-20,22H,6,8-9,13H2,1-2H3,(H3,29,30,32)(H,31,33,35)/t14?,19?,20-,22+/m1/s1. The summed E-state index contributed by atoms with van der Waals surface area (Å²) in [6.45, 7) is 3.41. The Balaban J connectivity index is 1.43. The van der Waals surface area contributed by atoms with Crippen LogP contribution in [0.15, 0.2) is 41.5 Å². The van der Waals surface area contributed by atoms with Gasteiger partial charge >= 0.3 is 0 Å². The molecule has 2 fully saturated rings. The van der Waals surface area contributed by atoms with Crippen molar-refractivity contribution in [2.75, 3.05) is 18.4 Å². The first-order chi connectivity index (χ1) is 17.7. The number of nitrogens with zero attached hydrogens (tertiary/aromatic N) is 4. The number of nitriles is 1. The fraction of sp³-hybridized carbons (Fsp3) is 0.385. The van der Waals surface area contributed by atoms with E-state index in [0.29, 0.717) is 17.3 Å². The molecule has 0 radical (unpaired) electrons. The number of pyridine rings is 1. The van der Waals surface area contributed by atoms with Gasteiger partial charge in [-0.25, -0.2) is 14.4 Å². The van der Waals surface area contributed by atoms with Crippen LogP contribution in [-0.4, -0.2) is 58.7 Å². The number of halogens is 1. The van der Waals surface area contributed by atoms with Crippen LogP contribution in [0, 0.1) is 28.6 Å². The number of benzene rings is 1. The van der Waals surface area contributed by atoms with Gasteiger partial charge in [0.25, 0.3) is 5.91 Å². The van der Waals surface area contributed by atoms with Crippen molar-refractivity contribution < 1.29 is 18.7 Å². The predicted molar refractivity (Wildman–Crippen MR) is 136 cm³/mol. The summed E-state index contributed by atoms with van der Waals surface area (Å²) in [6.07, 6.45) is 0.273. The highest BCUT2D eigenvalue weighted by Crippen LogP contribution is 2.38. The Labute approximate surface area is 213 Å². The van der Waals surface area contributed by atoms with Crippen LogP contribution in [0.3, 0.4) is 0 Å². The number of nitrogens with one attached hydrogen (secondary N) is 2. The molecule has 0 bridgehead atoms. The molecule has 1 aromatic heterocycles. The number of carbonyl (C=O) groups excluding carboxylic acids is 2. The molecule has 1 aliphatic carbocycles. The predicted octanol–water partition coefficient (Wildman–Crippen LogP) is 2.89. The number of alkyl halides is 1. The minimum Gasteiger partial charge on any atom is -0.486 e. The van der Waals surface area contributed by atoms with Gasteiger partial charge in [-0.15, -0.1) is 0 Å². The largest absolute Gasteiger partial charge is 0.486 e. The fourth-order valence-corrected chi connectivity index (χ4v) is 4.22. The first-order valence-corrected chi connectivity index (χ1v) is 12.0. The quantitative estimate of drug-likeness (QED) is 0.419. The Bertz CT molecular complexity index is 1300. The zero-order chi connectivity index (χ0) is 26.7. The van der Waals surface area contributed by atoms with Gasteiger partial charge in [0.05, 0.1) is 17.9 Å². The Morgan fingerprint density at radius 2 is 2.05 bits per heavy atom. The zero-order valence-electron chi connectivity index (χ0n) is 20.6. The van der Waals surface area contributed by atoms with E-state index in [1.54, 1.807) is 36.5 Å². The topological polar surface area (TPSA) is 158 Å². The summed E-state index contributed by atoms with van der Waals surface area (Å²) in [7, 11) is 0. The second kappa shape index (κ2) is 10.7. The number of aromatic nitrogens is 1. The maximum absolute atomic E-state index is 14.9. The van der Waals surface area contributed by atoms with Crippen molar-refractivity contribution >= 4 is 29.3 Å². The molecule has 2 amide bonds. The molecule has 4 atom stereocenters. The smallest absolute Gasteiger partial charge is 0.291 e. The highest BCUT2D eigenvalue weighted by Gasteiger charge is 2.39. The molecule has 2 aliphatic rings. The second-order valence-electron chi connectivity index (χ2n) is 9.38. The molecular formula is C26H28FN7O3. The van der Waals surface area contributed by atoms with E-state index in [-0.39, 0.29) is 48.5 Å². The summed E-state index contributed by atoms with van der Waals surface area (Å²) in [6, 6.07) is 10.6. The van der Waals surface area contributed by atoms with Crippen molar-refractivity contribution in [3.63, 3.8) is 0 Å². The molecule has 37 heavy (non-hydrogen) atoms. The summed E-state index contributed by atoms with van der Waals surface area (Å²) < 4.78 is 20.8. The van der Waals surface area contributed by atoms with E-state index in [0.717, 1.165) is 12.0 Å². The number of carbonyl (C=O) groups is 2. The molecule has 1 aliphatic heterocycles. The maximum Gasteiger partial charge on any atom is 0.291 e. The minimum atomic E-state index is -1.51. The lowest BCUT2D eigenvalue weighted by Crippen LogP contribution is -2.50. The molecule has 1 saturated carbocycles. The third-order valence-corrected chi connectivity index (χ3v) is 6.43. The molecule has 11 heteroatoms. The van der Waals surface area contributed by atoms with Gasteiger partial charge in [-0.1, -0.05) is 13.0 Å². The summed E-state index contributed by atoms with van der Waals surface area (Å²) in [4.78, 5) is 33.6. The van der Waals surface area contributed by atoms with Crippen molar-refractivity contribution in [2.45, 2.75) is 39.0 Å². The van der Waals surface area contributed by atoms with Crippen LogP contribution >= 0.6 is 0 Å². The lowest BCUT2D eigenvalue weighted by molar-refractivity contribution is -0.128. The van der Waals surface area contributed by atoms with Gasteiger partial charge in [0, 0.05) is 25.1 Å². The number of ether oxygens (including phenoxy) is 1. The van der Waals surface area contributed by atoms with Crippen molar-refractivity contribution in [1.29, 1.82) is 10.7 Å². The maximum atomic E-state index is 14.9. The number of anilines is 1. The number of amides is 2. The van der Waals surface area contributed by atoms with Gasteiger partial charge < -0.3 is 20.7 Å². The van der Waals surface area contributed by atoms with E-state index in [1.165, 1.54) is 11.8 Å².